The molecule has 0 radical (unpaired) electrons. The molecule has 1 atom stereocenters. The number of rotatable bonds is 6. The minimum Gasteiger partial charge on any atom is -0.496 e. The zero-order valence-electron chi connectivity index (χ0n) is 18.0. The summed E-state index contributed by atoms with van der Waals surface area (Å²) in [4.78, 5) is 24.6. The number of aromatic carboxylic acids is 1. The summed E-state index contributed by atoms with van der Waals surface area (Å²) in [5, 5.41) is 13.2. The van der Waals surface area contributed by atoms with Crippen LogP contribution in [0.1, 0.15) is 34.5 Å². The Bertz CT molecular complexity index is 1370. The summed E-state index contributed by atoms with van der Waals surface area (Å²) in [6.45, 7) is 3.82. The molecular formula is C26H23NO5. The van der Waals surface area contributed by atoms with Crippen LogP contribution < -0.4 is 15.5 Å². The Morgan fingerprint density at radius 2 is 1.78 bits per heavy atom. The second-order valence-corrected chi connectivity index (χ2v) is 7.62. The standard InChI is InChI=1S/C26H23NO5/c1-15-12-19(16(2)27-21-10-6-4-8-17(21)26(29)30)25-20(13-15)22(28)14-24(32-25)18-9-5-7-11-23(18)31-3/h4-14,16,27H,1-3H3,(H,29,30)/t16-/m1/s1. The molecule has 1 heterocycles. The molecule has 0 amide bonds. The number of aryl methyl sites for hydroxylation is 1. The van der Waals surface area contributed by atoms with Crippen LogP contribution in [0.15, 0.2) is 75.9 Å². The van der Waals surface area contributed by atoms with E-state index in [9.17, 15) is 14.7 Å². The molecule has 0 saturated carbocycles. The molecular weight excluding hydrogens is 406 g/mol. The molecule has 1 aromatic heterocycles. The predicted octanol–water partition coefficient (Wildman–Crippen LogP) is 5.65. The predicted molar refractivity (Wildman–Crippen MR) is 125 cm³/mol. The van der Waals surface area contributed by atoms with Gasteiger partial charge < -0.3 is 19.6 Å². The van der Waals surface area contributed by atoms with Gasteiger partial charge in [0.05, 0.1) is 29.7 Å². The first-order valence-corrected chi connectivity index (χ1v) is 10.2. The van der Waals surface area contributed by atoms with E-state index in [0.717, 1.165) is 11.1 Å². The lowest BCUT2D eigenvalue weighted by Gasteiger charge is -2.19. The number of anilines is 1. The fraction of sp³-hybridized carbons (Fsp3) is 0.154. The van der Waals surface area contributed by atoms with Gasteiger partial charge in [-0.05, 0) is 49.7 Å². The summed E-state index contributed by atoms with van der Waals surface area (Å²) < 4.78 is 11.7. The molecule has 0 aliphatic rings. The van der Waals surface area contributed by atoms with Crippen molar-refractivity contribution in [3.05, 3.63) is 93.6 Å². The molecule has 0 bridgehead atoms. The molecule has 162 valence electrons. The molecule has 0 unspecified atom stereocenters. The van der Waals surface area contributed by atoms with Crippen molar-refractivity contribution in [1.82, 2.24) is 0 Å². The smallest absolute Gasteiger partial charge is 0.337 e. The summed E-state index contributed by atoms with van der Waals surface area (Å²) in [6, 6.07) is 19.0. The number of fused-ring (bicyclic) bond motifs is 1. The molecule has 0 fully saturated rings. The van der Waals surface area contributed by atoms with Crippen molar-refractivity contribution < 1.29 is 19.1 Å². The molecule has 0 aliphatic carbocycles. The number of carboxylic acid groups (broad SMARTS) is 1. The van der Waals surface area contributed by atoms with Crippen LogP contribution in [0.5, 0.6) is 5.75 Å². The molecule has 2 N–H and O–H groups in total. The highest BCUT2D eigenvalue weighted by molar-refractivity contribution is 5.94. The van der Waals surface area contributed by atoms with E-state index in [0.29, 0.717) is 33.7 Å². The quantitative estimate of drug-likeness (QED) is 0.412. The van der Waals surface area contributed by atoms with Gasteiger partial charge in [-0.3, -0.25) is 4.79 Å². The molecule has 32 heavy (non-hydrogen) atoms. The Hall–Kier alpha value is -4.06. The Kier molecular flexibility index (Phi) is 5.69. The van der Waals surface area contributed by atoms with Crippen LogP contribution in [0, 0.1) is 6.92 Å². The number of hydrogen-bond acceptors (Lipinski definition) is 5. The second-order valence-electron chi connectivity index (χ2n) is 7.62. The lowest BCUT2D eigenvalue weighted by molar-refractivity contribution is 0.0698. The molecule has 0 aliphatic heterocycles. The number of para-hydroxylation sites is 2. The number of carboxylic acids is 1. The zero-order valence-corrected chi connectivity index (χ0v) is 18.0. The maximum Gasteiger partial charge on any atom is 0.337 e. The third-order valence-corrected chi connectivity index (χ3v) is 5.37. The summed E-state index contributed by atoms with van der Waals surface area (Å²) in [6.07, 6.45) is 0. The Morgan fingerprint density at radius 3 is 2.53 bits per heavy atom. The fourth-order valence-electron chi connectivity index (χ4n) is 3.84. The van der Waals surface area contributed by atoms with E-state index < -0.39 is 5.97 Å². The summed E-state index contributed by atoms with van der Waals surface area (Å²) in [5.41, 5.74) is 3.31. The molecule has 0 saturated heterocycles. The number of carbonyl (C=O) groups is 1. The topological polar surface area (TPSA) is 88.8 Å². The number of nitrogens with one attached hydrogen (secondary N) is 1. The summed E-state index contributed by atoms with van der Waals surface area (Å²) in [7, 11) is 1.57. The Labute approximate surface area is 185 Å². The lowest BCUT2D eigenvalue weighted by atomic mass is 10.00. The maximum absolute atomic E-state index is 13.0. The minimum atomic E-state index is -1.01. The molecule has 4 rings (SSSR count). The van der Waals surface area contributed by atoms with Crippen LogP contribution in [0.3, 0.4) is 0 Å². The SMILES string of the molecule is COc1ccccc1-c1cc(=O)c2cc(C)cc([C@@H](C)Nc3ccccc3C(=O)O)c2o1. The highest BCUT2D eigenvalue weighted by Crippen LogP contribution is 2.34. The van der Waals surface area contributed by atoms with Crippen molar-refractivity contribution in [1.29, 1.82) is 0 Å². The third-order valence-electron chi connectivity index (χ3n) is 5.37. The number of benzene rings is 3. The molecule has 0 spiro atoms. The van der Waals surface area contributed by atoms with Gasteiger partial charge in [0, 0.05) is 17.3 Å². The van der Waals surface area contributed by atoms with Gasteiger partial charge >= 0.3 is 5.97 Å². The van der Waals surface area contributed by atoms with Crippen LogP contribution in [-0.2, 0) is 0 Å². The monoisotopic (exact) mass is 429 g/mol. The van der Waals surface area contributed by atoms with Gasteiger partial charge in [-0.25, -0.2) is 4.79 Å². The van der Waals surface area contributed by atoms with E-state index in [1.165, 1.54) is 6.07 Å². The minimum absolute atomic E-state index is 0.157. The molecule has 6 nitrogen and oxygen atoms in total. The van der Waals surface area contributed by atoms with Crippen molar-refractivity contribution in [2.24, 2.45) is 0 Å². The largest absolute Gasteiger partial charge is 0.496 e. The number of ether oxygens (including phenoxy) is 1. The average molecular weight is 429 g/mol. The number of hydrogen-bond donors (Lipinski definition) is 2. The average Bonchev–Trinajstić information content (AvgIpc) is 2.79. The van der Waals surface area contributed by atoms with Crippen molar-refractivity contribution in [2.75, 3.05) is 12.4 Å². The van der Waals surface area contributed by atoms with Gasteiger partial charge in [-0.15, -0.1) is 0 Å². The Balaban J connectivity index is 1.87. The van der Waals surface area contributed by atoms with E-state index >= 15 is 0 Å². The van der Waals surface area contributed by atoms with Gasteiger partial charge in [-0.1, -0.05) is 30.3 Å². The van der Waals surface area contributed by atoms with Gasteiger partial charge in [0.2, 0.25) is 0 Å². The van der Waals surface area contributed by atoms with Crippen LogP contribution in [0.25, 0.3) is 22.3 Å². The van der Waals surface area contributed by atoms with Gasteiger partial charge in [0.1, 0.15) is 17.1 Å². The number of methoxy groups -OCH3 is 1. The van der Waals surface area contributed by atoms with Crippen LogP contribution in [-0.4, -0.2) is 18.2 Å². The van der Waals surface area contributed by atoms with Crippen molar-refractivity contribution in [3.63, 3.8) is 0 Å². The fourth-order valence-corrected chi connectivity index (χ4v) is 3.84. The first-order valence-electron chi connectivity index (χ1n) is 10.2. The summed E-state index contributed by atoms with van der Waals surface area (Å²) in [5.74, 6) is -0.00667. The van der Waals surface area contributed by atoms with Crippen LogP contribution in [0.2, 0.25) is 0 Å². The van der Waals surface area contributed by atoms with E-state index in [2.05, 4.69) is 5.32 Å². The Morgan fingerprint density at radius 1 is 1.06 bits per heavy atom. The summed E-state index contributed by atoms with van der Waals surface area (Å²) >= 11 is 0. The van der Waals surface area contributed by atoms with E-state index in [-0.39, 0.29) is 17.0 Å². The normalized spacial score (nSPS) is 11.8. The van der Waals surface area contributed by atoms with Crippen LogP contribution >= 0.6 is 0 Å². The second kappa shape index (κ2) is 8.59. The van der Waals surface area contributed by atoms with E-state index in [1.807, 2.05) is 44.2 Å². The molecule has 6 heteroatoms. The van der Waals surface area contributed by atoms with Gasteiger partial charge in [-0.2, -0.15) is 0 Å². The van der Waals surface area contributed by atoms with Crippen molar-refractivity contribution >= 4 is 22.6 Å². The van der Waals surface area contributed by atoms with E-state index in [4.69, 9.17) is 9.15 Å². The van der Waals surface area contributed by atoms with Crippen molar-refractivity contribution in [2.45, 2.75) is 19.9 Å². The molecule has 4 aromatic rings. The third kappa shape index (κ3) is 3.95. The zero-order chi connectivity index (χ0) is 22.8. The van der Waals surface area contributed by atoms with Gasteiger partial charge in [0.15, 0.2) is 5.43 Å². The molecule has 3 aromatic carbocycles. The van der Waals surface area contributed by atoms with Crippen LogP contribution in [0.4, 0.5) is 5.69 Å². The lowest BCUT2D eigenvalue weighted by Crippen LogP contribution is -2.12. The van der Waals surface area contributed by atoms with Crippen molar-refractivity contribution in [3.8, 4) is 17.1 Å². The first kappa shape index (κ1) is 21.2. The first-order chi connectivity index (χ1) is 15.4. The highest BCUT2D eigenvalue weighted by Gasteiger charge is 2.19. The highest BCUT2D eigenvalue weighted by atomic mass is 16.5. The van der Waals surface area contributed by atoms with Gasteiger partial charge in [0.25, 0.3) is 0 Å². The van der Waals surface area contributed by atoms with E-state index in [1.54, 1.807) is 37.4 Å². The maximum atomic E-state index is 13.0.